The number of nitrogens with one attached hydrogen (secondary N) is 1. The van der Waals surface area contributed by atoms with Crippen molar-refractivity contribution in [1.82, 2.24) is 4.98 Å². The number of carbonyl (C=O) groups is 1. The number of phenols is 2. The van der Waals surface area contributed by atoms with E-state index in [-0.39, 0.29) is 32.2 Å². The van der Waals surface area contributed by atoms with E-state index in [0.29, 0.717) is 12.0 Å². The van der Waals surface area contributed by atoms with E-state index < -0.39 is 11.5 Å². The Hall–Kier alpha value is -1.36. The molecule has 0 aliphatic carbocycles. The van der Waals surface area contributed by atoms with Crippen molar-refractivity contribution < 1.29 is 15.0 Å². The maximum absolute atomic E-state index is 12.7. The van der Waals surface area contributed by atoms with Gasteiger partial charge in [0.1, 0.15) is 22.2 Å². The number of unbranched alkanes of at least 4 members (excludes halogenated alkanes) is 5. The Morgan fingerprint density at radius 3 is 2.23 bits per heavy atom. The fourth-order valence-electron chi connectivity index (χ4n) is 2.84. The summed E-state index contributed by atoms with van der Waals surface area (Å²) in [4.78, 5) is 15.3. The number of halogens is 3. The van der Waals surface area contributed by atoms with Gasteiger partial charge in [-0.2, -0.15) is 0 Å². The van der Waals surface area contributed by atoms with Crippen molar-refractivity contribution in [2.45, 2.75) is 51.9 Å². The zero-order valence-corrected chi connectivity index (χ0v) is 16.8. The van der Waals surface area contributed by atoms with Crippen LogP contribution in [0, 0.1) is 0 Å². The molecule has 0 radical (unpaired) electrons. The van der Waals surface area contributed by atoms with E-state index in [1.54, 1.807) is 0 Å². The van der Waals surface area contributed by atoms with Gasteiger partial charge in [-0.05, 0) is 30.5 Å². The van der Waals surface area contributed by atoms with Gasteiger partial charge >= 0.3 is 0 Å². The number of aromatic amines is 1. The number of aromatic nitrogens is 1. The Labute approximate surface area is 168 Å². The highest BCUT2D eigenvalue weighted by molar-refractivity contribution is 6.42. The van der Waals surface area contributed by atoms with Crippen molar-refractivity contribution in [1.29, 1.82) is 0 Å². The molecular formula is C19H22Cl3NO3. The normalized spacial score (nSPS) is 11.1. The molecule has 3 N–H and O–H groups in total. The van der Waals surface area contributed by atoms with E-state index in [9.17, 15) is 15.0 Å². The molecule has 0 aliphatic heterocycles. The van der Waals surface area contributed by atoms with E-state index in [0.717, 1.165) is 19.3 Å². The first-order chi connectivity index (χ1) is 12.4. The summed E-state index contributed by atoms with van der Waals surface area (Å²) in [6.45, 7) is 2.17. The summed E-state index contributed by atoms with van der Waals surface area (Å²) < 4.78 is 0. The molecule has 0 fully saturated rings. The number of aryl methyl sites for hydroxylation is 1. The van der Waals surface area contributed by atoms with E-state index in [1.807, 2.05) is 0 Å². The predicted octanol–water partition coefficient (Wildman–Crippen LogP) is 6.52. The highest BCUT2D eigenvalue weighted by Gasteiger charge is 2.25. The average Bonchev–Trinajstić information content (AvgIpc) is 2.94. The largest absolute Gasteiger partial charge is 0.507 e. The maximum Gasteiger partial charge on any atom is 0.216 e. The van der Waals surface area contributed by atoms with Gasteiger partial charge in [-0.25, -0.2) is 0 Å². The van der Waals surface area contributed by atoms with Crippen LogP contribution in [0.4, 0.5) is 0 Å². The number of hydrogen-bond donors (Lipinski definition) is 3. The van der Waals surface area contributed by atoms with Crippen molar-refractivity contribution in [3.63, 3.8) is 0 Å². The van der Waals surface area contributed by atoms with Crippen LogP contribution < -0.4 is 0 Å². The van der Waals surface area contributed by atoms with Crippen LogP contribution in [0.25, 0.3) is 0 Å². The number of aromatic hydroxyl groups is 2. The van der Waals surface area contributed by atoms with Gasteiger partial charge in [-0.3, -0.25) is 4.79 Å². The fraction of sp³-hybridized carbons (Fsp3) is 0.421. The van der Waals surface area contributed by atoms with Crippen LogP contribution >= 0.6 is 34.8 Å². The molecule has 4 nitrogen and oxygen atoms in total. The highest BCUT2D eigenvalue weighted by atomic mass is 35.5. The van der Waals surface area contributed by atoms with Gasteiger partial charge in [-0.15, -0.1) is 0 Å². The molecule has 0 spiro atoms. The van der Waals surface area contributed by atoms with Gasteiger partial charge in [-0.1, -0.05) is 73.8 Å². The number of phenolic OH excluding ortho intramolecular Hbond substituents is 2. The molecule has 0 saturated carbocycles. The zero-order chi connectivity index (χ0) is 19.3. The summed E-state index contributed by atoms with van der Waals surface area (Å²) in [6.07, 6.45) is 7.20. The number of benzene rings is 1. The van der Waals surface area contributed by atoms with Gasteiger partial charge in [0.25, 0.3) is 0 Å². The Bertz CT molecular complexity index is 767. The topological polar surface area (TPSA) is 73.3 Å². The van der Waals surface area contributed by atoms with E-state index >= 15 is 0 Å². The maximum atomic E-state index is 12.7. The van der Waals surface area contributed by atoms with Gasteiger partial charge in [0.05, 0.1) is 15.7 Å². The molecule has 0 aliphatic rings. The van der Waals surface area contributed by atoms with Crippen LogP contribution in [-0.2, 0) is 6.42 Å². The summed E-state index contributed by atoms with van der Waals surface area (Å²) in [5.74, 6) is -1.34. The smallest absolute Gasteiger partial charge is 0.216 e. The van der Waals surface area contributed by atoms with Crippen LogP contribution in [0.3, 0.4) is 0 Å². The molecule has 2 rings (SSSR count). The Morgan fingerprint density at radius 1 is 0.962 bits per heavy atom. The Morgan fingerprint density at radius 2 is 1.62 bits per heavy atom. The summed E-state index contributed by atoms with van der Waals surface area (Å²) in [7, 11) is 0. The monoisotopic (exact) mass is 417 g/mol. The molecule has 0 bridgehead atoms. The third kappa shape index (κ3) is 4.87. The second-order valence-corrected chi connectivity index (χ2v) is 7.47. The third-order valence-corrected chi connectivity index (χ3v) is 5.28. The first-order valence-electron chi connectivity index (χ1n) is 8.68. The fourth-order valence-corrected chi connectivity index (χ4v) is 3.38. The molecule has 1 aromatic carbocycles. The SMILES string of the molecule is CCCCCCCCc1cc(Cl)c(O)c(C(=O)c2cc(Cl)c(Cl)[nH]2)c1O. The van der Waals surface area contributed by atoms with Gasteiger partial charge in [0.15, 0.2) is 0 Å². The number of hydrogen-bond acceptors (Lipinski definition) is 3. The highest BCUT2D eigenvalue weighted by Crippen LogP contribution is 2.39. The summed E-state index contributed by atoms with van der Waals surface area (Å²) >= 11 is 17.8. The van der Waals surface area contributed by atoms with Crippen LogP contribution in [0.1, 0.15) is 67.1 Å². The standard InChI is InChI=1S/C19H22Cl3NO3/c1-2-3-4-5-6-7-8-11-9-12(20)17(25)15(16(11)24)18(26)14-10-13(21)19(22)23-14/h9-10,23-25H,2-8H2,1H3. The van der Waals surface area contributed by atoms with Crippen molar-refractivity contribution in [3.05, 3.63) is 44.2 Å². The minimum atomic E-state index is -0.625. The average molecular weight is 419 g/mol. The van der Waals surface area contributed by atoms with Crippen LogP contribution in [0.2, 0.25) is 15.2 Å². The first kappa shape index (κ1) is 20.9. The minimum Gasteiger partial charge on any atom is -0.507 e. The molecule has 26 heavy (non-hydrogen) atoms. The number of H-pyrrole nitrogens is 1. The molecule has 0 saturated heterocycles. The Balaban J connectivity index is 2.21. The van der Waals surface area contributed by atoms with Gasteiger partial charge in [0.2, 0.25) is 5.78 Å². The van der Waals surface area contributed by atoms with E-state index in [2.05, 4.69) is 11.9 Å². The van der Waals surface area contributed by atoms with Gasteiger partial charge < -0.3 is 15.2 Å². The molecule has 1 heterocycles. The predicted molar refractivity (Wildman–Crippen MR) is 106 cm³/mol. The Kier molecular flexibility index (Phi) is 7.69. The molecule has 1 aromatic heterocycles. The molecule has 0 unspecified atom stereocenters. The first-order valence-corrected chi connectivity index (χ1v) is 9.82. The molecular weight excluding hydrogens is 397 g/mol. The van der Waals surface area contributed by atoms with Crippen molar-refractivity contribution in [3.8, 4) is 11.5 Å². The minimum absolute atomic E-state index is 0.0240. The lowest BCUT2D eigenvalue weighted by Gasteiger charge is -2.12. The van der Waals surface area contributed by atoms with Crippen LogP contribution in [0.5, 0.6) is 11.5 Å². The number of rotatable bonds is 9. The number of ketones is 1. The van der Waals surface area contributed by atoms with E-state index in [4.69, 9.17) is 34.8 Å². The second kappa shape index (κ2) is 9.54. The lowest BCUT2D eigenvalue weighted by Crippen LogP contribution is -2.05. The summed E-state index contributed by atoms with van der Waals surface area (Å²) in [5.41, 5.74) is 0.363. The number of carbonyl (C=O) groups excluding carboxylic acids is 1. The van der Waals surface area contributed by atoms with Crippen molar-refractivity contribution >= 4 is 40.6 Å². The molecule has 0 amide bonds. The summed E-state index contributed by atoms with van der Waals surface area (Å²) in [5, 5.41) is 21.0. The van der Waals surface area contributed by atoms with Gasteiger partial charge in [0, 0.05) is 0 Å². The second-order valence-electron chi connectivity index (χ2n) is 6.28. The lowest BCUT2D eigenvalue weighted by molar-refractivity contribution is 0.102. The zero-order valence-electron chi connectivity index (χ0n) is 14.5. The van der Waals surface area contributed by atoms with Crippen LogP contribution in [-0.4, -0.2) is 21.0 Å². The third-order valence-electron chi connectivity index (χ3n) is 4.30. The van der Waals surface area contributed by atoms with Crippen LogP contribution in [0.15, 0.2) is 12.1 Å². The molecule has 2 aromatic rings. The lowest BCUT2D eigenvalue weighted by atomic mass is 9.98. The summed E-state index contributed by atoms with van der Waals surface area (Å²) in [6, 6.07) is 2.85. The molecule has 142 valence electrons. The molecule has 0 atom stereocenters. The quantitative estimate of drug-likeness (QED) is 0.320. The van der Waals surface area contributed by atoms with Crippen molar-refractivity contribution in [2.24, 2.45) is 0 Å². The molecule has 7 heteroatoms. The van der Waals surface area contributed by atoms with Crippen molar-refractivity contribution in [2.75, 3.05) is 0 Å². The van der Waals surface area contributed by atoms with E-state index in [1.165, 1.54) is 31.4 Å².